The van der Waals surface area contributed by atoms with E-state index in [1.165, 1.54) is 19.4 Å². The molecule has 0 aliphatic heterocycles. The van der Waals surface area contributed by atoms with E-state index in [-0.39, 0.29) is 10.6 Å². The topological polar surface area (TPSA) is 62.6 Å². The molecule has 4 nitrogen and oxygen atoms in total. The maximum Gasteiger partial charge on any atom is 0.509 e. The number of halogens is 1. The van der Waals surface area contributed by atoms with E-state index >= 15 is 0 Å². The Kier molecular flexibility index (Phi) is 2.91. The SMILES string of the molecule is COc1cnc(B(O)O)c(Cl)c1. The monoisotopic (exact) mass is 187 g/mol. The standard InChI is InChI=1S/C6H7BClNO3/c1-12-4-2-5(8)6(7(10)11)9-3-4/h2-3,10-11H,1H3. The van der Waals surface area contributed by atoms with Crippen LogP contribution in [0.2, 0.25) is 5.02 Å². The number of hydrogen-bond donors (Lipinski definition) is 2. The second-order valence-corrected chi connectivity index (χ2v) is 2.52. The van der Waals surface area contributed by atoms with Gasteiger partial charge < -0.3 is 14.8 Å². The van der Waals surface area contributed by atoms with Crippen LogP contribution >= 0.6 is 11.6 Å². The average molecular weight is 187 g/mol. The molecular weight excluding hydrogens is 180 g/mol. The average Bonchev–Trinajstić information content (AvgIpc) is 2.03. The van der Waals surface area contributed by atoms with Crippen molar-refractivity contribution in [1.29, 1.82) is 0 Å². The van der Waals surface area contributed by atoms with Gasteiger partial charge in [-0.2, -0.15) is 0 Å². The molecular formula is C6H7BClNO3. The Bertz CT molecular complexity index is 281. The second kappa shape index (κ2) is 3.75. The molecule has 0 amide bonds. The van der Waals surface area contributed by atoms with Crippen molar-refractivity contribution in [3.05, 3.63) is 17.3 Å². The summed E-state index contributed by atoms with van der Waals surface area (Å²) < 4.78 is 4.82. The molecule has 0 saturated carbocycles. The molecule has 12 heavy (non-hydrogen) atoms. The van der Waals surface area contributed by atoms with E-state index < -0.39 is 7.12 Å². The van der Waals surface area contributed by atoms with Gasteiger partial charge >= 0.3 is 7.12 Å². The zero-order chi connectivity index (χ0) is 9.14. The number of hydrogen-bond acceptors (Lipinski definition) is 4. The van der Waals surface area contributed by atoms with Gasteiger partial charge in [0.2, 0.25) is 0 Å². The fourth-order valence-corrected chi connectivity index (χ4v) is 0.986. The molecule has 0 spiro atoms. The first-order chi connectivity index (χ1) is 5.65. The van der Waals surface area contributed by atoms with Crippen molar-refractivity contribution >= 4 is 24.3 Å². The van der Waals surface area contributed by atoms with Crippen LogP contribution in [0, 0.1) is 0 Å². The summed E-state index contributed by atoms with van der Waals surface area (Å²) in [7, 11) is -0.175. The van der Waals surface area contributed by atoms with Gasteiger partial charge in [0.05, 0.1) is 23.9 Å². The highest BCUT2D eigenvalue weighted by Gasteiger charge is 2.17. The van der Waals surface area contributed by atoms with Crippen LogP contribution in [-0.2, 0) is 0 Å². The van der Waals surface area contributed by atoms with E-state index in [9.17, 15) is 0 Å². The normalized spacial score (nSPS) is 9.67. The Morgan fingerprint density at radius 1 is 1.58 bits per heavy atom. The fraction of sp³-hybridized carbons (Fsp3) is 0.167. The van der Waals surface area contributed by atoms with Crippen LogP contribution in [0.25, 0.3) is 0 Å². The molecule has 0 fully saturated rings. The number of ether oxygens (including phenoxy) is 1. The highest BCUT2D eigenvalue weighted by molar-refractivity contribution is 6.61. The van der Waals surface area contributed by atoms with E-state index in [0.29, 0.717) is 5.75 Å². The summed E-state index contributed by atoms with van der Waals surface area (Å²) in [5, 5.41) is 17.6. The minimum absolute atomic E-state index is 0.0254. The van der Waals surface area contributed by atoms with Gasteiger partial charge in [0, 0.05) is 6.07 Å². The molecule has 0 radical (unpaired) electrons. The van der Waals surface area contributed by atoms with Crippen LogP contribution in [-0.4, -0.2) is 29.3 Å². The molecule has 1 rings (SSSR count). The Morgan fingerprint density at radius 2 is 2.25 bits per heavy atom. The van der Waals surface area contributed by atoms with Crippen molar-refractivity contribution in [2.24, 2.45) is 0 Å². The smallest absolute Gasteiger partial charge is 0.495 e. The van der Waals surface area contributed by atoms with Crippen molar-refractivity contribution < 1.29 is 14.8 Å². The van der Waals surface area contributed by atoms with E-state index in [0.717, 1.165) is 0 Å². The Hall–Kier alpha value is -0.775. The third-order valence-electron chi connectivity index (χ3n) is 1.32. The number of pyridine rings is 1. The number of rotatable bonds is 2. The maximum atomic E-state index is 8.74. The molecule has 0 saturated heterocycles. The summed E-state index contributed by atoms with van der Waals surface area (Å²) >= 11 is 5.64. The van der Waals surface area contributed by atoms with Gasteiger partial charge in [0.1, 0.15) is 5.75 Å². The molecule has 6 heteroatoms. The molecule has 1 aromatic heterocycles. The van der Waals surface area contributed by atoms with Crippen molar-refractivity contribution in [2.45, 2.75) is 0 Å². The minimum Gasteiger partial charge on any atom is -0.495 e. The molecule has 0 unspecified atom stereocenters. The van der Waals surface area contributed by atoms with Crippen LogP contribution < -0.4 is 10.3 Å². The van der Waals surface area contributed by atoms with E-state index in [1.54, 1.807) is 0 Å². The molecule has 0 aliphatic carbocycles. The lowest BCUT2D eigenvalue weighted by Crippen LogP contribution is -2.33. The predicted octanol–water partition coefficient (Wildman–Crippen LogP) is -0.577. The lowest BCUT2D eigenvalue weighted by Gasteiger charge is -2.03. The first-order valence-corrected chi connectivity index (χ1v) is 3.58. The van der Waals surface area contributed by atoms with Gasteiger partial charge in [-0.25, -0.2) is 0 Å². The van der Waals surface area contributed by atoms with Gasteiger partial charge in [-0.15, -0.1) is 0 Å². The molecule has 0 bridgehead atoms. The fourth-order valence-electron chi connectivity index (χ4n) is 0.733. The van der Waals surface area contributed by atoms with Crippen LogP contribution in [0.4, 0.5) is 0 Å². The summed E-state index contributed by atoms with van der Waals surface area (Å²) in [4.78, 5) is 3.69. The van der Waals surface area contributed by atoms with Crippen molar-refractivity contribution in [2.75, 3.05) is 7.11 Å². The number of methoxy groups -OCH3 is 1. The third kappa shape index (κ3) is 1.88. The highest BCUT2D eigenvalue weighted by Crippen LogP contribution is 2.12. The van der Waals surface area contributed by atoms with Crippen LogP contribution in [0.3, 0.4) is 0 Å². The van der Waals surface area contributed by atoms with E-state index in [1.807, 2.05) is 0 Å². The Balaban J connectivity index is 3.03. The van der Waals surface area contributed by atoms with Gasteiger partial charge in [0.15, 0.2) is 0 Å². The van der Waals surface area contributed by atoms with E-state index in [2.05, 4.69) is 4.98 Å². The van der Waals surface area contributed by atoms with Crippen LogP contribution in [0.1, 0.15) is 0 Å². The Morgan fingerprint density at radius 3 is 2.67 bits per heavy atom. The highest BCUT2D eigenvalue weighted by atomic mass is 35.5. The summed E-state index contributed by atoms with van der Waals surface area (Å²) in [6, 6.07) is 1.46. The molecule has 0 aromatic carbocycles. The third-order valence-corrected chi connectivity index (χ3v) is 1.63. The van der Waals surface area contributed by atoms with Crippen LogP contribution in [0.15, 0.2) is 12.3 Å². The number of nitrogens with zero attached hydrogens (tertiary/aromatic N) is 1. The summed E-state index contributed by atoms with van der Waals surface area (Å²) in [5.41, 5.74) is 0.0254. The summed E-state index contributed by atoms with van der Waals surface area (Å²) in [6.07, 6.45) is 1.36. The second-order valence-electron chi connectivity index (χ2n) is 2.12. The first kappa shape index (κ1) is 9.31. The molecule has 0 atom stereocenters. The summed E-state index contributed by atoms with van der Waals surface area (Å²) in [6.45, 7) is 0. The van der Waals surface area contributed by atoms with Crippen molar-refractivity contribution in [1.82, 2.24) is 4.98 Å². The zero-order valence-electron chi connectivity index (χ0n) is 6.36. The number of aromatic nitrogens is 1. The van der Waals surface area contributed by atoms with E-state index in [4.69, 9.17) is 26.4 Å². The largest absolute Gasteiger partial charge is 0.509 e. The van der Waals surface area contributed by atoms with Gasteiger partial charge in [0.25, 0.3) is 0 Å². The minimum atomic E-state index is -1.65. The quantitative estimate of drug-likeness (QED) is 0.608. The maximum absolute atomic E-state index is 8.74. The summed E-state index contributed by atoms with van der Waals surface area (Å²) in [5.74, 6) is 0.476. The molecule has 2 N–H and O–H groups in total. The Labute approximate surface area is 74.9 Å². The molecule has 1 aromatic rings. The molecule has 0 aliphatic rings. The van der Waals surface area contributed by atoms with Gasteiger partial charge in [-0.05, 0) is 0 Å². The lowest BCUT2D eigenvalue weighted by atomic mass is 9.86. The van der Waals surface area contributed by atoms with Crippen LogP contribution in [0.5, 0.6) is 5.75 Å². The molecule has 1 heterocycles. The van der Waals surface area contributed by atoms with Gasteiger partial charge in [-0.1, -0.05) is 11.6 Å². The zero-order valence-corrected chi connectivity index (χ0v) is 7.12. The molecule has 64 valence electrons. The lowest BCUT2D eigenvalue weighted by molar-refractivity contribution is 0.411. The predicted molar refractivity (Wildman–Crippen MR) is 45.6 cm³/mol. The van der Waals surface area contributed by atoms with Gasteiger partial charge in [-0.3, -0.25) is 4.98 Å². The van der Waals surface area contributed by atoms with Crippen molar-refractivity contribution in [3.63, 3.8) is 0 Å². The first-order valence-electron chi connectivity index (χ1n) is 3.20. The van der Waals surface area contributed by atoms with Crippen molar-refractivity contribution in [3.8, 4) is 5.75 Å².